The van der Waals surface area contributed by atoms with Crippen molar-refractivity contribution in [3.05, 3.63) is 34.3 Å². The third-order valence-electron chi connectivity index (χ3n) is 3.45. The third-order valence-corrected chi connectivity index (χ3v) is 3.85. The Morgan fingerprint density at radius 2 is 2.33 bits per heavy atom. The lowest BCUT2D eigenvalue weighted by atomic mass is 10.0. The van der Waals surface area contributed by atoms with Gasteiger partial charge < -0.3 is 4.74 Å². The summed E-state index contributed by atoms with van der Waals surface area (Å²) in [6.45, 7) is 2.82. The molecule has 0 aliphatic carbocycles. The Morgan fingerprint density at radius 1 is 1.50 bits per heavy atom. The van der Waals surface area contributed by atoms with Crippen molar-refractivity contribution < 1.29 is 9.53 Å². The molecule has 0 saturated carbocycles. The largest absolute Gasteiger partial charge is 0.378 e. The molecule has 1 aliphatic heterocycles. The third kappa shape index (κ3) is 3.56. The standard InChI is InChI=1S/C15H19ClO2/c1-11-7-8-12(10-14(11)16)15(17)6-2-4-13-5-3-9-18-13/h7-8,10,13H,2-6,9H2,1H3. The quantitative estimate of drug-likeness (QED) is 0.748. The fraction of sp³-hybridized carbons (Fsp3) is 0.533. The summed E-state index contributed by atoms with van der Waals surface area (Å²) in [6.07, 6.45) is 5.15. The first-order valence-corrected chi connectivity index (χ1v) is 6.95. The molecule has 1 unspecified atom stereocenters. The van der Waals surface area contributed by atoms with E-state index >= 15 is 0 Å². The van der Waals surface area contributed by atoms with Gasteiger partial charge in [0.2, 0.25) is 0 Å². The van der Waals surface area contributed by atoms with Gasteiger partial charge in [0.1, 0.15) is 0 Å². The van der Waals surface area contributed by atoms with Crippen LogP contribution in [-0.2, 0) is 4.74 Å². The van der Waals surface area contributed by atoms with Crippen molar-refractivity contribution in [3.63, 3.8) is 0 Å². The van der Waals surface area contributed by atoms with E-state index in [0.29, 0.717) is 17.5 Å². The zero-order chi connectivity index (χ0) is 13.0. The van der Waals surface area contributed by atoms with E-state index in [-0.39, 0.29) is 5.78 Å². The molecule has 0 N–H and O–H groups in total. The molecule has 1 aliphatic rings. The maximum absolute atomic E-state index is 12.0. The maximum atomic E-state index is 12.0. The van der Waals surface area contributed by atoms with Crippen molar-refractivity contribution in [1.29, 1.82) is 0 Å². The van der Waals surface area contributed by atoms with Gasteiger partial charge in [-0.2, -0.15) is 0 Å². The van der Waals surface area contributed by atoms with Crippen LogP contribution in [0.2, 0.25) is 5.02 Å². The van der Waals surface area contributed by atoms with Gasteiger partial charge in [0.05, 0.1) is 6.10 Å². The van der Waals surface area contributed by atoms with Crippen molar-refractivity contribution in [2.75, 3.05) is 6.61 Å². The Bertz CT molecular complexity index is 423. The van der Waals surface area contributed by atoms with Gasteiger partial charge in [-0.1, -0.05) is 23.7 Å². The van der Waals surface area contributed by atoms with Gasteiger partial charge >= 0.3 is 0 Å². The monoisotopic (exact) mass is 266 g/mol. The van der Waals surface area contributed by atoms with Crippen molar-refractivity contribution in [2.24, 2.45) is 0 Å². The normalized spacial score (nSPS) is 19.1. The SMILES string of the molecule is Cc1ccc(C(=O)CCCC2CCCO2)cc1Cl. The Hall–Kier alpha value is -0.860. The molecular formula is C15H19ClO2. The van der Waals surface area contributed by atoms with Crippen LogP contribution >= 0.6 is 11.6 Å². The molecule has 0 aromatic heterocycles. The number of Topliss-reactive ketones (excluding diaryl/α,β-unsaturated/α-hetero) is 1. The van der Waals surface area contributed by atoms with Crippen molar-refractivity contribution in [3.8, 4) is 0 Å². The number of carbonyl (C=O) groups excluding carboxylic acids is 1. The van der Waals surface area contributed by atoms with Crippen molar-refractivity contribution in [1.82, 2.24) is 0 Å². The molecular weight excluding hydrogens is 248 g/mol. The van der Waals surface area contributed by atoms with E-state index in [1.807, 2.05) is 19.1 Å². The maximum Gasteiger partial charge on any atom is 0.162 e. The minimum Gasteiger partial charge on any atom is -0.378 e. The Kier molecular flexibility index (Phi) is 4.79. The Labute approximate surface area is 113 Å². The summed E-state index contributed by atoms with van der Waals surface area (Å²) in [6, 6.07) is 5.52. The van der Waals surface area contributed by atoms with Crippen LogP contribution in [0.15, 0.2) is 18.2 Å². The summed E-state index contributed by atoms with van der Waals surface area (Å²) in [7, 11) is 0. The van der Waals surface area contributed by atoms with E-state index in [1.165, 1.54) is 0 Å². The molecule has 2 nitrogen and oxygen atoms in total. The first-order valence-electron chi connectivity index (χ1n) is 6.58. The van der Waals surface area contributed by atoms with Gasteiger partial charge in [-0.15, -0.1) is 0 Å². The van der Waals surface area contributed by atoms with Crippen LogP contribution in [0, 0.1) is 6.92 Å². The molecule has 1 aromatic carbocycles. The van der Waals surface area contributed by atoms with E-state index in [9.17, 15) is 4.79 Å². The number of rotatable bonds is 5. The highest BCUT2D eigenvalue weighted by atomic mass is 35.5. The van der Waals surface area contributed by atoms with Crippen molar-refractivity contribution >= 4 is 17.4 Å². The van der Waals surface area contributed by atoms with Crippen LogP contribution in [0.4, 0.5) is 0 Å². The summed E-state index contributed by atoms with van der Waals surface area (Å²) in [4.78, 5) is 12.0. The van der Waals surface area contributed by atoms with Gasteiger partial charge in [0.15, 0.2) is 5.78 Å². The summed E-state index contributed by atoms with van der Waals surface area (Å²) < 4.78 is 5.54. The number of hydrogen-bond donors (Lipinski definition) is 0. The van der Waals surface area contributed by atoms with Crippen molar-refractivity contribution in [2.45, 2.75) is 45.1 Å². The Morgan fingerprint density at radius 3 is 3.00 bits per heavy atom. The molecule has 18 heavy (non-hydrogen) atoms. The molecule has 1 aromatic rings. The molecule has 1 heterocycles. The molecule has 1 fully saturated rings. The predicted molar refractivity (Wildman–Crippen MR) is 73.3 cm³/mol. The summed E-state index contributed by atoms with van der Waals surface area (Å²) in [5.74, 6) is 0.176. The first kappa shape index (κ1) is 13.6. The second-order valence-corrected chi connectivity index (χ2v) is 5.32. The first-order chi connectivity index (χ1) is 8.66. The van der Waals surface area contributed by atoms with E-state index in [4.69, 9.17) is 16.3 Å². The highest BCUT2D eigenvalue weighted by molar-refractivity contribution is 6.31. The minimum atomic E-state index is 0.176. The van der Waals surface area contributed by atoms with Crippen LogP contribution in [0.3, 0.4) is 0 Å². The number of ether oxygens (including phenoxy) is 1. The zero-order valence-electron chi connectivity index (χ0n) is 10.7. The van der Waals surface area contributed by atoms with Crippen LogP contribution < -0.4 is 0 Å². The fourth-order valence-corrected chi connectivity index (χ4v) is 2.45. The van der Waals surface area contributed by atoms with Crippen LogP contribution in [0.1, 0.15) is 48.0 Å². The molecule has 0 bridgehead atoms. The minimum absolute atomic E-state index is 0.176. The summed E-state index contributed by atoms with van der Waals surface area (Å²) >= 11 is 6.02. The Balaban J connectivity index is 1.81. The summed E-state index contributed by atoms with van der Waals surface area (Å²) in [5.41, 5.74) is 1.73. The smallest absolute Gasteiger partial charge is 0.162 e. The van der Waals surface area contributed by atoms with Gasteiger partial charge in [-0.25, -0.2) is 0 Å². The highest BCUT2D eigenvalue weighted by Crippen LogP contribution is 2.20. The van der Waals surface area contributed by atoms with E-state index in [0.717, 1.165) is 43.4 Å². The van der Waals surface area contributed by atoms with Crippen LogP contribution in [0.5, 0.6) is 0 Å². The molecule has 0 radical (unpaired) electrons. The number of aryl methyl sites for hydroxylation is 1. The predicted octanol–water partition coefficient (Wildman–Crippen LogP) is 4.18. The van der Waals surface area contributed by atoms with Gasteiger partial charge in [-0.3, -0.25) is 4.79 Å². The second-order valence-electron chi connectivity index (χ2n) is 4.91. The van der Waals surface area contributed by atoms with Gasteiger partial charge in [-0.05, 0) is 44.2 Å². The lowest BCUT2D eigenvalue weighted by Gasteiger charge is -2.08. The average Bonchev–Trinajstić information content (AvgIpc) is 2.85. The van der Waals surface area contributed by atoms with Gasteiger partial charge in [0, 0.05) is 23.6 Å². The van der Waals surface area contributed by atoms with Crippen LogP contribution in [-0.4, -0.2) is 18.5 Å². The molecule has 0 amide bonds. The molecule has 98 valence electrons. The van der Waals surface area contributed by atoms with Gasteiger partial charge in [0.25, 0.3) is 0 Å². The molecule has 1 atom stereocenters. The number of ketones is 1. The highest BCUT2D eigenvalue weighted by Gasteiger charge is 2.16. The number of hydrogen-bond acceptors (Lipinski definition) is 2. The van der Waals surface area contributed by atoms with Crippen LogP contribution in [0.25, 0.3) is 0 Å². The van der Waals surface area contributed by atoms with E-state index < -0.39 is 0 Å². The lowest BCUT2D eigenvalue weighted by molar-refractivity contribution is 0.0923. The van der Waals surface area contributed by atoms with E-state index in [2.05, 4.69) is 0 Å². The second kappa shape index (κ2) is 6.35. The molecule has 1 saturated heterocycles. The topological polar surface area (TPSA) is 26.3 Å². The number of halogens is 1. The molecule has 0 spiro atoms. The number of benzene rings is 1. The lowest BCUT2D eigenvalue weighted by Crippen LogP contribution is -2.06. The number of carbonyl (C=O) groups is 1. The molecule has 2 rings (SSSR count). The van der Waals surface area contributed by atoms with E-state index in [1.54, 1.807) is 6.07 Å². The average molecular weight is 267 g/mol. The fourth-order valence-electron chi connectivity index (χ4n) is 2.27. The summed E-state index contributed by atoms with van der Waals surface area (Å²) in [5, 5.41) is 0.667. The molecule has 3 heteroatoms. The zero-order valence-corrected chi connectivity index (χ0v) is 11.5.